The molecule has 0 heterocycles. The molecule has 0 aromatic heterocycles. The van der Waals surface area contributed by atoms with E-state index in [2.05, 4.69) is 131 Å². The summed E-state index contributed by atoms with van der Waals surface area (Å²) >= 11 is 7.16. The fraction of sp³-hybridized carbons (Fsp3) is 0.593. The number of hydrogen-bond donors (Lipinski definition) is 0. The van der Waals surface area contributed by atoms with Gasteiger partial charge in [-0.25, -0.2) is 0 Å². The van der Waals surface area contributed by atoms with Crippen LogP contribution in [0.25, 0.3) is 24.3 Å². The molecule has 0 fully saturated rings. The maximum absolute atomic E-state index is 6.59. The molecule has 0 aliphatic heterocycles. The van der Waals surface area contributed by atoms with Crippen LogP contribution in [0, 0.1) is 0 Å². The Labute approximate surface area is 373 Å². The van der Waals surface area contributed by atoms with Gasteiger partial charge in [0, 0.05) is 20.1 Å². The normalized spacial score (nSPS) is 11.7. The predicted octanol–water partition coefficient (Wildman–Crippen LogP) is 19.3. The van der Waals surface area contributed by atoms with Crippen LogP contribution in [0.4, 0.5) is 0 Å². The van der Waals surface area contributed by atoms with Gasteiger partial charge in [-0.05, 0) is 60.4 Å². The summed E-state index contributed by atoms with van der Waals surface area (Å²) in [6, 6.07) is 21.3. The highest BCUT2D eigenvalue weighted by Crippen LogP contribution is 2.33. The second kappa shape index (κ2) is 34.4. The van der Waals surface area contributed by atoms with Gasteiger partial charge in [-0.2, -0.15) is 0 Å². The van der Waals surface area contributed by atoms with Gasteiger partial charge in [0.15, 0.2) is 0 Å². The van der Waals surface area contributed by atoms with Crippen LogP contribution in [0.1, 0.15) is 216 Å². The molecule has 4 heteroatoms. The first kappa shape index (κ1) is 50.1. The lowest BCUT2D eigenvalue weighted by Gasteiger charge is -2.16. The van der Waals surface area contributed by atoms with E-state index in [4.69, 9.17) is 9.47 Å². The summed E-state index contributed by atoms with van der Waals surface area (Å²) < 4.78 is 15.4. The number of rotatable bonds is 36. The van der Waals surface area contributed by atoms with Crippen molar-refractivity contribution in [1.82, 2.24) is 0 Å². The first-order valence-electron chi connectivity index (χ1n) is 23.9. The van der Waals surface area contributed by atoms with Crippen molar-refractivity contribution >= 4 is 56.2 Å². The third-order valence-electron chi connectivity index (χ3n) is 11.3. The summed E-state index contributed by atoms with van der Waals surface area (Å²) in [6.07, 6.45) is 46.7. The largest absolute Gasteiger partial charge is 0.493 e. The molecule has 0 amide bonds. The smallest absolute Gasteiger partial charge is 0.127 e. The van der Waals surface area contributed by atoms with Crippen molar-refractivity contribution in [2.24, 2.45) is 0 Å². The SMILES string of the molecule is CCCCCCCCCCCCCCCCOc1cc(/C=C\c2ccc(Br)cc2)c(OCCCCCCCCCCCCCCCC)cc1/C=C\c1ccc(Br)cc1. The van der Waals surface area contributed by atoms with E-state index in [-0.39, 0.29) is 0 Å². The second-order valence-electron chi connectivity index (χ2n) is 16.6. The van der Waals surface area contributed by atoms with Crippen molar-refractivity contribution < 1.29 is 9.47 Å². The molecule has 3 aromatic rings. The number of unbranched alkanes of at least 4 members (excludes halogenated alkanes) is 26. The van der Waals surface area contributed by atoms with E-state index in [9.17, 15) is 0 Å². The van der Waals surface area contributed by atoms with E-state index in [0.717, 1.165) is 68.8 Å². The molecule has 322 valence electrons. The van der Waals surface area contributed by atoms with Crippen molar-refractivity contribution in [1.29, 1.82) is 0 Å². The highest BCUT2D eigenvalue weighted by Gasteiger charge is 2.11. The van der Waals surface area contributed by atoms with E-state index < -0.39 is 0 Å². The molecule has 2 nitrogen and oxygen atoms in total. The van der Waals surface area contributed by atoms with Gasteiger partial charge in [0.2, 0.25) is 0 Å². The maximum Gasteiger partial charge on any atom is 0.127 e. The molecule has 0 spiro atoms. The Hall–Kier alpha value is -2.30. The summed E-state index contributed by atoms with van der Waals surface area (Å²) in [6.45, 7) is 6.05. The van der Waals surface area contributed by atoms with Crippen LogP contribution < -0.4 is 9.47 Å². The van der Waals surface area contributed by atoms with Crippen molar-refractivity contribution in [3.05, 3.63) is 91.9 Å². The van der Waals surface area contributed by atoms with Gasteiger partial charge in [0.1, 0.15) is 11.5 Å². The molecular weight excluding hydrogens is 840 g/mol. The zero-order valence-electron chi connectivity index (χ0n) is 36.9. The van der Waals surface area contributed by atoms with Crippen molar-refractivity contribution in [2.75, 3.05) is 13.2 Å². The van der Waals surface area contributed by atoms with Crippen LogP contribution in [-0.4, -0.2) is 13.2 Å². The number of hydrogen-bond acceptors (Lipinski definition) is 2. The van der Waals surface area contributed by atoms with Gasteiger partial charge >= 0.3 is 0 Å². The molecule has 58 heavy (non-hydrogen) atoms. The van der Waals surface area contributed by atoms with E-state index in [1.165, 1.54) is 167 Å². The van der Waals surface area contributed by atoms with Crippen LogP contribution >= 0.6 is 31.9 Å². The minimum atomic E-state index is 0.728. The van der Waals surface area contributed by atoms with Gasteiger partial charge < -0.3 is 9.47 Å². The Kier molecular flexibility index (Phi) is 29.7. The standard InChI is InChI=1S/C54H80Br2O2/c1-3-5-7-9-11-13-15-17-19-21-23-25-27-29-43-57-53-45-50(38-32-48-35-41-52(56)42-36-48)54(46-49(53)37-31-47-33-39-51(55)40-34-47)58-44-30-28-26-24-22-20-18-16-14-12-10-8-6-4-2/h31-42,45-46H,3-30,43-44H2,1-2H3/b37-31-,38-32-. The Morgan fingerprint density at radius 2 is 0.603 bits per heavy atom. The summed E-state index contributed by atoms with van der Waals surface area (Å²) in [7, 11) is 0. The average molecular weight is 921 g/mol. The third-order valence-corrected chi connectivity index (χ3v) is 12.4. The van der Waals surface area contributed by atoms with Crippen LogP contribution in [-0.2, 0) is 0 Å². The van der Waals surface area contributed by atoms with Crippen molar-refractivity contribution in [2.45, 2.75) is 194 Å². The Bertz CT molecular complexity index is 1360. The Morgan fingerprint density at radius 1 is 0.345 bits per heavy atom. The average Bonchev–Trinajstić information content (AvgIpc) is 3.23. The molecule has 0 unspecified atom stereocenters. The molecule has 0 N–H and O–H groups in total. The van der Waals surface area contributed by atoms with Crippen LogP contribution in [0.15, 0.2) is 69.6 Å². The Balaban J connectivity index is 1.54. The van der Waals surface area contributed by atoms with E-state index >= 15 is 0 Å². The van der Waals surface area contributed by atoms with Crippen LogP contribution in [0.5, 0.6) is 11.5 Å². The first-order chi connectivity index (χ1) is 28.6. The molecule has 0 radical (unpaired) electrons. The highest BCUT2D eigenvalue weighted by molar-refractivity contribution is 9.10. The topological polar surface area (TPSA) is 18.5 Å². The van der Waals surface area contributed by atoms with Crippen molar-refractivity contribution in [3.63, 3.8) is 0 Å². The van der Waals surface area contributed by atoms with Crippen molar-refractivity contribution in [3.8, 4) is 11.5 Å². The minimum Gasteiger partial charge on any atom is -0.493 e. The molecule has 3 rings (SSSR count). The first-order valence-corrected chi connectivity index (χ1v) is 25.5. The quantitative estimate of drug-likeness (QED) is 0.0427. The monoisotopic (exact) mass is 918 g/mol. The second-order valence-corrected chi connectivity index (χ2v) is 18.4. The summed E-state index contributed by atoms with van der Waals surface area (Å²) in [5.41, 5.74) is 4.44. The molecule has 0 saturated carbocycles. The zero-order chi connectivity index (χ0) is 41.1. The third kappa shape index (κ3) is 24.7. The molecule has 0 saturated heterocycles. The summed E-state index contributed by atoms with van der Waals surface area (Å²) in [4.78, 5) is 0. The fourth-order valence-electron chi connectivity index (χ4n) is 7.58. The molecule has 3 aromatic carbocycles. The lowest BCUT2D eigenvalue weighted by atomic mass is 10.0. The molecular formula is C54H80Br2O2. The molecule has 0 bridgehead atoms. The highest BCUT2D eigenvalue weighted by atomic mass is 79.9. The lowest BCUT2D eigenvalue weighted by Crippen LogP contribution is -2.03. The summed E-state index contributed by atoms with van der Waals surface area (Å²) in [5, 5.41) is 0. The maximum atomic E-state index is 6.59. The Morgan fingerprint density at radius 3 is 0.879 bits per heavy atom. The summed E-state index contributed by atoms with van der Waals surface area (Å²) in [5.74, 6) is 1.84. The van der Waals surface area contributed by atoms with E-state index in [1.807, 2.05) is 0 Å². The van der Waals surface area contributed by atoms with Crippen LogP contribution in [0.3, 0.4) is 0 Å². The molecule has 0 aliphatic rings. The van der Waals surface area contributed by atoms with Crippen LogP contribution in [0.2, 0.25) is 0 Å². The van der Waals surface area contributed by atoms with Gasteiger partial charge in [0.25, 0.3) is 0 Å². The van der Waals surface area contributed by atoms with E-state index in [1.54, 1.807) is 0 Å². The van der Waals surface area contributed by atoms with Gasteiger partial charge in [0.05, 0.1) is 13.2 Å². The number of ether oxygens (including phenoxy) is 2. The number of halogens is 2. The predicted molar refractivity (Wildman–Crippen MR) is 264 cm³/mol. The van der Waals surface area contributed by atoms with Gasteiger partial charge in [-0.15, -0.1) is 0 Å². The van der Waals surface area contributed by atoms with Gasteiger partial charge in [-0.3, -0.25) is 0 Å². The molecule has 0 atom stereocenters. The number of benzene rings is 3. The minimum absolute atomic E-state index is 0.728. The zero-order valence-corrected chi connectivity index (χ0v) is 40.0. The fourth-order valence-corrected chi connectivity index (χ4v) is 8.11. The van der Waals surface area contributed by atoms with Gasteiger partial charge in [-0.1, -0.05) is 261 Å². The van der Waals surface area contributed by atoms with E-state index in [0.29, 0.717) is 0 Å². The molecule has 0 aliphatic carbocycles. The lowest BCUT2D eigenvalue weighted by molar-refractivity contribution is 0.295.